The molecule has 0 atom stereocenters. The van der Waals surface area contributed by atoms with Crippen molar-refractivity contribution in [1.82, 2.24) is 0 Å². The standard InChI is InChI=1S/C30H40O5/c1-3-5-7-9-11-13-29(32)34-27-21-25(16-15-24-17-19-26(31)20-18-24)22-28(23-27)35-30(33)14-12-10-8-6-4-2/h15-23,31H,3-14H2,1-2H3. The molecule has 0 aliphatic heterocycles. The molecule has 2 rings (SSSR count). The molecule has 0 radical (unpaired) electrons. The molecule has 0 fully saturated rings. The number of hydrogen-bond donors (Lipinski definition) is 1. The summed E-state index contributed by atoms with van der Waals surface area (Å²) in [6.07, 6.45) is 15.0. The lowest BCUT2D eigenvalue weighted by molar-refractivity contribution is -0.135. The zero-order chi connectivity index (χ0) is 25.3. The van der Waals surface area contributed by atoms with E-state index < -0.39 is 0 Å². The maximum atomic E-state index is 12.4. The number of hydrogen-bond acceptors (Lipinski definition) is 5. The summed E-state index contributed by atoms with van der Waals surface area (Å²) in [6.45, 7) is 4.32. The maximum Gasteiger partial charge on any atom is 0.311 e. The lowest BCUT2D eigenvalue weighted by Crippen LogP contribution is -2.10. The topological polar surface area (TPSA) is 72.8 Å². The average Bonchev–Trinajstić information content (AvgIpc) is 2.83. The van der Waals surface area contributed by atoms with Crippen molar-refractivity contribution in [2.75, 3.05) is 0 Å². The van der Waals surface area contributed by atoms with Crippen molar-refractivity contribution in [3.8, 4) is 17.2 Å². The number of rotatable bonds is 16. The van der Waals surface area contributed by atoms with Crippen molar-refractivity contribution < 1.29 is 24.2 Å². The lowest BCUT2D eigenvalue weighted by Gasteiger charge is -2.10. The number of ether oxygens (including phenoxy) is 2. The molecule has 5 nitrogen and oxygen atoms in total. The van der Waals surface area contributed by atoms with Crippen LogP contribution in [0.4, 0.5) is 0 Å². The highest BCUT2D eigenvalue weighted by Crippen LogP contribution is 2.26. The van der Waals surface area contributed by atoms with Gasteiger partial charge in [-0.1, -0.05) is 89.5 Å². The number of carbonyl (C=O) groups excluding carboxylic acids is 2. The van der Waals surface area contributed by atoms with Gasteiger partial charge in [0.15, 0.2) is 0 Å². The second-order valence-corrected chi connectivity index (χ2v) is 8.94. The van der Waals surface area contributed by atoms with Crippen LogP contribution in [0.2, 0.25) is 0 Å². The minimum atomic E-state index is -0.283. The molecule has 0 saturated carbocycles. The van der Waals surface area contributed by atoms with E-state index in [1.54, 1.807) is 42.5 Å². The van der Waals surface area contributed by atoms with Crippen molar-refractivity contribution in [3.05, 3.63) is 53.6 Å². The fourth-order valence-electron chi connectivity index (χ4n) is 3.70. The maximum absolute atomic E-state index is 12.4. The van der Waals surface area contributed by atoms with Gasteiger partial charge in [-0.15, -0.1) is 0 Å². The highest BCUT2D eigenvalue weighted by molar-refractivity contribution is 5.76. The van der Waals surface area contributed by atoms with Crippen LogP contribution in [0.15, 0.2) is 42.5 Å². The van der Waals surface area contributed by atoms with E-state index in [-0.39, 0.29) is 17.7 Å². The van der Waals surface area contributed by atoms with E-state index in [0.29, 0.717) is 24.3 Å². The monoisotopic (exact) mass is 480 g/mol. The Hall–Kier alpha value is -3.08. The molecule has 0 amide bonds. The molecule has 2 aromatic carbocycles. The fourth-order valence-corrected chi connectivity index (χ4v) is 3.70. The van der Waals surface area contributed by atoms with E-state index in [4.69, 9.17) is 9.47 Å². The molecule has 0 aromatic heterocycles. The first-order chi connectivity index (χ1) is 17.0. The Kier molecular flexibility index (Phi) is 13.3. The summed E-state index contributed by atoms with van der Waals surface area (Å²) in [7, 11) is 0. The van der Waals surface area contributed by atoms with Crippen molar-refractivity contribution in [2.45, 2.75) is 90.9 Å². The van der Waals surface area contributed by atoms with Gasteiger partial charge in [0.25, 0.3) is 0 Å². The number of phenolic OH excluding ortho intramolecular Hbond substituents is 1. The molecule has 0 spiro atoms. The number of carbonyl (C=O) groups is 2. The summed E-state index contributed by atoms with van der Waals surface area (Å²) < 4.78 is 11.2. The van der Waals surface area contributed by atoms with Gasteiger partial charge < -0.3 is 14.6 Å². The van der Waals surface area contributed by atoms with Crippen LogP contribution >= 0.6 is 0 Å². The Balaban J connectivity index is 2.06. The van der Waals surface area contributed by atoms with Crippen molar-refractivity contribution in [2.24, 2.45) is 0 Å². The molecule has 35 heavy (non-hydrogen) atoms. The molecule has 0 unspecified atom stereocenters. The van der Waals surface area contributed by atoms with Gasteiger partial charge in [-0.25, -0.2) is 0 Å². The number of aromatic hydroxyl groups is 1. The smallest absolute Gasteiger partial charge is 0.311 e. The van der Waals surface area contributed by atoms with Gasteiger partial charge in [-0.3, -0.25) is 9.59 Å². The van der Waals surface area contributed by atoms with Crippen molar-refractivity contribution in [1.29, 1.82) is 0 Å². The number of unbranched alkanes of at least 4 members (excludes halogenated alkanes) is 8. The van der Waals surface area contributed by atoms with Gasteiger partial charge in [0.1, 0.15) is 17.2 Å². The highest BCUT2D eigenvalue weighted by atomic mass is 16.5. The number of benzene rings is 2. The number of phenols is 1. The molecule has 190 valence electrons. The lowest BCUT2D eigenvalue weighted by atomic mass is 10.1. The molecular weight excluding hydrogens is 440 g/mol. The minimum absolute atomic E-state index is 0.203. The fraction of sp³-hybridized carbons (Fsp3) is 0.467. The van der Waals surface area contributed by atoms with Crippen molar-refractivity contribution >= 4 is 24.1 Å². The van der Waals surface area contributed by atoms with E-state index in [1.807, 2.05) is 12.2 Å². The summed E-state index contributed by atoms with van der Waals surface area (Å²) >= 11 is 0. The van der Waals surface area contributed by atoms with E-state index in [1.165, 1.54) is 12.8 Å². The van der Waals surface area contributed by atoms with Crippen molar-refractivity contribution in [3.63, 3.8) is 0 Å². The van der Waals surface area contributed by atoms with E-state index >= 15 is 0 Å². The normalized spacial score (nSPS) is 11.0. The molecule has 0 aliphatic carbocycles. The molecule has 1 N–H and O–H groups in total. The second-order valence-electron chi connectivity index (χ2n) is 8.94. The first-order valence-corrected chi connectivity index (χ1v) is 13.0. The summed E-state index contributed by atoms with van der Waals surface area (Å²) in [5.41, 5.74) is 1.65. The van der Waals surface area contributed by atoms with Crippen LogP contribution in [0.25, 0.3) is 12.2 Å². The van der Waals surface area contributed by atoms with Crippen LogP contribution in [0.3, 0.4) is 0 Å². The van der Waals surface area contributed by atoms with Gasteiger partial charge in [0.2, 0.25) is 0 Å². The second kappa shape index (κ2) is 16.5. The van der Waals surface area contributed by atoms with Gasteiger partial charge in [-0.2, -0.15) is 0 Å². The predicted molar refractivity (Wildman–Crippen MR) is 141 cm³/mol. The Labute approximate surface area is 210 Å². The summed E-state index contributed by atoms with van der Waals surface area (Å²) in [5.74, 6) is 0.364. The van der Waals surface area contributed by atoms with Crippen LogP contribution in [0.1, 0.15) is 102 Å². The summed E-state index contributed by atoms with van der Waals surface area (Å²) in [4.78, 5) is 24.7. The zero-order valence-corrected chi connectivity index (χ0v) is 21.3. The van der Waals surface area contributed by atoms with E-state index in [9.17, 15) is 14.7 Å². The molecule has 2 aromatic rings. The van der Waals surface area contributed by atoms with E-state index in [0.717, 1.165) is 62.5 Å². The highest BCUT2D eigenvalue weighted by Gasteiger charge is 2.11. The third kappa shape index (κ3) is 12.3. The first kappa shape index (κ1) is 28.2. The van der Waals surface area contributed by atoms with Gasteiger partial charge >= 0.3 is 11.9 Å². The van der Waals surface area contributed by atoms with Crippen LogP contribution < -0.4 is 9.47 Å². The third-order valence-electron chi connectivity index (χ3n) is 5.70. The molecular formula is C30H40O5. The third-order valence-corrected chi connectivity index (χ3v) is 5.70. The Morgan fingerprint density at radius 1 is 0.657 bits per heavy atom. The van der Waals surface area contributed by atoms with Gasteiger partial charge in [0, 0.05) is 18.9 Å². The molecule has 0 aliphatic rings. The van der Waals surface area contributed by atoms with Crippen LogP contribution in [-0.2, 0) is 9.59 Å². The van der Waals surface area contributed by atoms with Crippen LogP contribution in [0, 0.1) is 0 Å². The van der Waals surface area contributed by atoms with Gasteiger partial charge in [0.05, 0.1) is 0 Å². The molecule has 0 heterocycles. The van der Waals surface area contributed by atoms with E-state index in [2.05, 4.69) is 13.8 Å². The van der Waals surface area contributed by atoms with Gasteiger partial charge in [-0.05, 0) is 48.2 Å². The predicted octanol–water partition coefficient (Wildman–Crippen LogP) is 8.09. The Morgan fingerprint density at radius 2 is 1.11 bits per heavy atom. The molecule has 5 heteroatoms. The average molecular weight is 481 g/mol. The first-order valence-electron chi connectivity index (χ1n) is 13.0. The largest absolute Gasteiger partial charge is 0.508 e. The Morgan fingerprint density at radius 3 is 1.60 bits per heavy atom. The van der Waals surface area contributed by atoms with Crippen LogP contribution in [0.5, 0.6) is 17.2 Å². The number of esters is 2. The summed E-state index contributed by atoms with van der Waals surface area (Å²) in [6, 6.07) is 11.9. The molecule has 0 saturated heterocycles. The Bertz CT molecular complexity index is 884. The zero-order valence-electron chi connectivity index (χ0n) is 21.3. The quantitative estimate of drug-likeness (QED) is 0.114. The SMILES string of the molecule is CCCCCCCC(=O)Oc1cc(C=Cc2ccc(O)cc2)cc(OC(=O)CCCCCCC)c1. The molecule has 0 bridgehead atoms. The summed E-state index contributed by atoms with van der Waals surface area (Å²) in [5, 5.41) is 9.47. The minimum Gasteiger partial charge on any atom is -0.508 e. The van der Waals surface area contributed by atoms with Crippen LogP contribution in [-0.4, -0.2) is 17.0 Å².